The minimum Gasteiger partial charge on any atom is -0.211 e. The average molecular weight is 437 g/mol. The van der Waals surface area contributed by atoms with Crippen LogP contribution >= 0.6 is 31.9 Å². The van der Waals surface area contributed by atoms with Crippen LogP contribution in [0.25, 0.3) is 0 Å². The number of hydrogen-bond donors (Lipinski definition) is 1. The zero-order chi connectivity index (χ0) is 15.5. The second kappa shape index (κ2) is 7.00. The predicted molar refractivity (Wildman–Crippen MR) is 87.1 cm³/mol. The van der Waals surface area contributed by atoms with Crippen LogP contribution in [-0.2, 0) is 16.4 Å². The maximum absolute atomic E-state index is 12.8. The topological polar surface area (TPSA) is 46.2 Å². The Hall–Kier alpha value is -0.760. The third kappa shape index (κ3) is 4.60. The lowest BCUT2D eigenvalue weighted by Crippen LogP contribution is -2.26. The van der Waals surface area contributed by atoms with Gasteiger partial charge in [0.05, 0.1) is 4.90 Å². The Balaban J connectivity index is 2.03. The van der Waals surface area contributed by atoms with Gasteiger partial charge in [-0.05, 0) is 58.2 Å². The molecule has 0 amide bonds. The molecule has 0 fully saturated rings. The summed E-state index contributed by atoms with van der Waals surface area (Å²) in [6.45, 7) is 0.246. The van der Waals surface area contributed by atoms with Crippen molar-refractivity contribution in [2.24, 2.45) is 0 Å². The van der Waals surface area contributed by atoms with E-state index in [2.05, 4.69) is 36.6 Å². The molecule has 0 saturated heterocycles. The summed E-state index contributed by atoms with van der Waals surface area (Å²) in [6, 6.07) is 10.9. The molecule has 0 saturated carbocycles. The molecule has 0 aliphatic rings. The second-order valence-corrected chi connectivity index (χ2v) is 7.85. The molecule has 0 spiro atoms. The Labute approximate surface area is 139 Å². The lowest BCUT2D eigenvalue weighted by Gasteiger charge is -2.09. The SMILES string of the molecule is O=S(=O)(NCCc1ccc(F)cc1)c1ccc(Br)cc1Br. The largest absolute Gasteiger partial charge is 0.241 e. The van der Waals surface area contributed by atoms with E-state index < -0.39 is 10.0 Å². The Bertz CT molecular complexity index is 733. The van der Waals surface area contributed by atoms with Crippen LogP contribution in [0.15, 0.2) is 56.3 Å². The van der Waals surface area contributed by atoms with Gasteiger partial charge in [0.15, 0.2) is 0 Å². The van der Waals surface area contributed by atoms with Crippen molar-refractivity contribution in [2.45, 2.75) is 11.3 Å². The fraction of sp³-hybridized carbons (Fsp3) is 0.143. The van der Waals surface area contributed by atoms with E-state index in [0.29, 0.717) is 10.9 Å². The fourth-order valence-electron chi connectivity index (χ4n) is 1.75. The highest BCUT2D eigenvalue weighted by atomic mass is 79.9. The molecular formula is C14H12Br2FNO2S. The lowest BCUT2D eigenvalue weighted by atomic mass is 10.1. The number of benzene rings is 2. The van der Waals surface area contributed by atoms with E-state index in [-0.39, 0.29) is 17.3 Å². The van der Waals surface area contributed by atoms with Gasteiger partial charge in [-0.15, -0.1) is 0 Å². The highest BCUT2D eigenvalue weighted by Gasteiger charge is 2.17. The molecule has 0 aromatic heterocycles. The van der Waals surface area contributed by atoms with Crippen molar-refractivity contribution in [3.8, 4) is 0 Å². The first-order valence-corrected chi connectivity index (χ1v) is 9.14. The van der Waals surface area contributed by atoms with Crippen LogP contribution in [0.5, 0.6) is 0 Å². The Morgan fingerprint density at radius 2 is 1.71 bits per heavy atom. The summed E-state index contributed by atoms with van der Waals surface area (Å²) in [5.74, 6) is -0.307. The molecule has 0 heterocycles. The minimum absolute atomic E-state index is 0.185. The summed E-state index contributed by atoms with van der Waals surface area (Å²) in [5, 5.41) is 0. The molecule has 0 aliphatic heterocycles. The van der Waals surface area contributed by atoms with Crippen molar-refractivity contribution in [3.63, 3.8) is 0 Å². The highest BCUT2D eigenvalue weighted by Crippen LogP contribution is 2.25. The molecule has 0 radical (unpaired) electrons. The fourth-order valence-corrected chi connectivity index (χ4v) is 4.53. The lowest BCUT2D eigenvalue weighted by molar-refractivity contribution is 0.581. The van der Waals surface area contributed by atoms with Crippen molar-refractivity contribution in [1.82, 2.24) is 4.72 Å². The predicted octanol–water partition coefficient (Wildman–Crippen LogP) is 3.87. The van der Waals surface area contributed by atoms with Gasteiger partial charge < -0.3 is 0 Å². The molecule has 7 heteroatoms. The monoisotopic (exact) mass is 435 g/mol. The van der Waals surface area contributed by atoms with Crippen molar-refractivity contribution < 1.29 is 12.8 Å². The molecular weight excluding hydrogens is 425 g/mol. The molecule has 1 N–H and O–H groups in total. The Morgan fingerprint density at radius 3 is 2.33 bits per heavy atom. The second-order valence-electron chi connectivity index (χ2n) is 4.35. The Morgan fingerprint density at radius 1 is 1.05 bits per heavy atom. The van der Waals surface area contributed by atoms with Gasteiger partial charge in [-0.1, -0.05) is 28.1 Å². The normalized spacial score (nSPS) is 11.6. The van der Waals surface area contributed by atoms with Crippen LogP contribution in [0.3, 0.4) is 0 Å². The smallest absolute Gasteiger partial charge is 0.211 e. The van der Waals surface area contributed by atoms with Gasteiger partial charge in [0.2, 0.25) is 10.0 Å². The third-order valence-corrected chi connectivity index (χ3v) is 5.73. The van der Waals surface area contributed by atoms with Gasteiger partial charge in [0, 0.05) is 15.5 Å². The molecule has 0 unspecified atom stereocenters. The summed E-state index contributed by atoms with van der Waals surface area (Å²) in [7, 11) is -3.58. The molecule has 3 nitrogen and oxygen atoms in total. The van der Waals surface area contributed by atoms with Crippen molar-refractivity contribution >= 4 is 41.9 Å². The molecule has 2 aromatic carbocycles. The van der Waals surface area contributed by atoms with Gasteiger partial charge in [0.25, 0.3) is 0 Å². The van der Waals surface area contributed by atoms with E-state index in [1.54, 1.807) is 24.3 Å². The van der Waals surface area contributed by atoms with Gasteiger partial charge in [-0.25, -0.2) is 17.5 Å². The van der Waals surface area contributed by atoms with Crippen molar-refractivity contribution in [3.05, 3.63) is 62.8 Å². The molecule has 0 atom stereocenters. The van der Waals surface area contributed by atoms with Crippen molar-refractivity contribution in [2.75, 3.05) is 6.54 Å². The summed E-state index contributed by atoms with van der Waals surface area (Å²) in [4.78, 5) is 0.185. The van der Waals surface area contributed by atoms with Crippen molar-refractivity contribution in [1.29, 1.82) is 0 Å². The molecule has 2 aromatic rings. The van der Waals surface area contributed by atoms with E-state index in [4.69, 9.17) is 0 Å². The van der Waals surface area contributed by atoms with Crippen LogP contribution in [0, 0.1) is 5.82 Å². The first-order chi connectivity index (χ1) is 9.88. The molecule has 2 rings (SSSR count). The summed E-state index contributed by atoms with van der Waals surface area (Å²) in [5.41, 5.74) is 0.869. The zero-order valence-electron chi connectivity index (χ0n) is 10.8. The number of rotatable bonds is 5. The number of nitrogens with one attached hydrogen (secondary N) is 1. The van der Waals surface area contributed by atoms with Crippen LogP contribution in [0.2, 0.25) is 0 Å². The maximum Gasteiger partial charge on any atom is 0.241 e. The van der Waals surface area contributed by atoms with Gasteiger partial charge in [-0.3, -0.25) is 0 Å². The summed E-state index contributed by atoms with van der Waals surface area (Å²) in [6.07, 6.45) is 0.494. The van der Waals surface area contributed by atoms with Crippen LogP contribution in [-0.4, -0.2) is 15.0 Å². The number of sulfonamides is 1. The van der Waals surface area contributed by atoms with Crippen LogP contribution in [0.4, 0.5) is 4.39 Å². The zero-order valence-corrected chi connectivity index (χ0v) is 14.8. The highest BCUT2D eigenvalue weighted by molar-refractivity contribution is 9.11. The van der Waals surface area contributed by atoms with Gasteiger partial charge in [0.1, 0.15) is 5.82 Å². The van der Waals surface area contributed by atoms with Crippen LogP contribution in [0.1, 0.15) is 5.56 Å². The van der Waals surface area contributed by atoms with E-state index in [0.717, 1.165) is 10.0 Å². The Kier molecular flexibility index (Phi) is 5.54. The minimum atomic E-state index is -3.58. The average Bonchev–Trinajstić information content (AvgIpc) is 2.40. The summed E-state index contributed by atoms with van der Waals surface area (Å²) < 4.78 is 41.0. The number of hydrogen-bond acceptors (Lipinski definition) is 2. The third-order valence-electron chi connectivity index (χ3n) is 2.80. The molecule has 0 bridgehead atoms. The standard InChI is InChI=1S/C14H12Br2FNO2S/c15-11-3-6-14(13(16)9-11)21(19,20)18-8-7-10-1-4-12(17)5-2-10/h1-6,9,18H,7-8H2. The van der Waals surface area contributed by atoms with Gasteiger partial charge in [-0.2, -0.15) is 0 Å². The number of halogens is 3. The quantitative estimate of drug-likeness (QED) is 0.773. The molecule has 0 aliphatic carbocycles. The summed E-state index contributed by atoms with van der Waals surface area (Å²) >= 11 is 6.51. The van der Waals surface area contributed by atoms with E-state index >= 15 is 0 Å². The van der Waals surface area contributed by atoms with E-state index in [1.165, 1.54) is 18.2 Å². The van der Waals surface area contributed by atoms with E-state index in [9.17, 15) is 12.8 Å². The molecule has 21 heavy (non-hydrogen) atoms. The first kappa shape index (κ1) is 16.6. The van der Waals surface area contributed by atoms with Crippen LogP contribution < -0.4 is 4.72 Å². The van der Waals surface area contributed by atoms with E-state index in [1.807, 2.05) is 0 Å². The maximum atomic E-state index is 12.8. The first-order valence-electron chi connectivity index (χ1n) is 6.08. The molecule has 112 valence electrons. The van der Waals surface area contributed by atoms with Gasteiger partial charge >= 0.3 is 0 Å².